The van der Waals surface area contributed by atoms with Crippen molar-refractivity contribution in [3.8, 4) is 0 Å². The van der Waals surface area contributed by atoms with Crippen LogP contribution in [0.15, 0.2) is 60.7 Å². The molecule has 2 aromatic rings. The summed E-state index contributed by atoms with van der Waals surface area (Å²) in [6.07, 6.45) is 0.908. The molecule has 2 aliphatic rings. The summed E-state index contributed by atoms with van der Waals surface area (Å²) in [4.78, 5) is 26.1. The topological polar surface area (TPSA) is 59.1 Å². The van der Waals surface area contributed by atoms with Gasteiger partial charge in [0.15, 0.2) is 6.29 Å². The maximum absolute atomic E-state index is 13.1. The summed E-state index contributed by atoms with van der Waals surface area (Å²) in [5.74, 6) is -0.807. The molecule has 134 valence electrons. The van der Waals surface area contributed by atoms with Crippen LogP contribution in [0.3, 0.4) is 0 Å². The smallest absolute Gasteiger partial charge is 0.285 e. The highest BCUT2D eigenvalue weighted by Gasteiger charge is 2.49. The highest BCUT2D eigenvalue weighted by molar-refractivity contribution is 6.25. The minimum absolute atomic E-state index is 0.403. The molecular weight excluding hydrogens is 332 g/mol. The fourth-order valence-electron chi connectivity index (χ4n) is 3.24. The van der Waals surface area contributed by atoms with E-state index >= 15 is 0 Å². The monoisotopic (exact) mass is 352 g/mol. The second-order valence-electron chi connectivity index (χ2n) is 6.28. The summed E-state index contributed by atoms with van der Waals surface area (Å²) in [6, 6.07) is 18.2. The van der Waals surface area contributed by atoms with E-state index in [4.69, 9.17) is 9.47 Å². The molecular formula is C20H20N2O4. The molecule has 4 rings (SSSR count). The number of hydrogen-bond acceptors (Lipinski definition) is 4. The fraction of sp³-hybridized carbons (Fsp3) is 0.300. The minimum atomic E-state index is -1.20. The van der Waals surface area contributed by atoms with E-state index in [1.54, 1.807) is 24.3 Å². The average Bonchev–Trinajstić information content (AvgIpc) is 2.95. The largest absolute Gasteiger partial charge is 0.353 e. The van der Waals surface area contributed by atoms with Crippen LogP contribution in [0.5, 0.6) is 0 Å². The van der Waals surface area contributed by atoms with E-state index in [-0.39, 0.29) is 0 Å². The lowest BCUT2D eigenvalue weighted by atomic mass is 10.2. The van der Waals surface area contributed by atoms with Crippen molar-refractivity contribution < 1.29 is 19.1 Å². The Labute approximate surface area is 151 Å². The summed E-state index contributed by atoms with van der Waals surface area (Å²) < 4.78 is 11.3. The van der Waals surface area contributed by atoms with Crippen molar-refractivity contribution in [3.63, 3.8) is 0 Å². The Morgan fingerprint density at radius 3 is 1.81 bits per heavy atom. The van der Waals surface area contributed by atoms with Gasteiger partial charge in [0.05, 0.1) is 11.4 Å². The van der Waals surface area contributed by atoms with Gasteiger partial charge in [-0.2, -0.15) is 0 Å². The van der Waals surface area contributed by atoms with E-state index in [0.29, 0.717) is 24.4 Å². The second-order valence-corrected chi connectivity index (χ2v) is 6.28. The number of benzene rings is 2. The molecule has 2 saturated heterocycles. The van der Waals surface area contributed by atoms with Gasteiger partial charge in [0.2, 0.25) is 6.10 Å². The second kappa shape index (κ2) is 7.27. The number of hydrazine groups is 1. The van der Waals surface area contributed by atoms with Crippen LogP contribution in [0.4, 0.5) is 11.4 Å². The number of rotatable bonds is 4. The van der Waals surface area contributed by atoms with Gasteiger partial charge in [-0.25, -0.2) is 10.0 Å². The van der Waals surface area contributed by atoms with Gasteiger partial charge in [0, 0.05) is 6.61 Å². The first-order valence-corrected chi connectivity index (χ1v) is 8.81. The molecule has 0 radical (unpaired) electrons. The van der Waals surface area contributed by atoms with Crippen LogP contribution >= 0.6 is 0 Å². The van der Waals surface area contributed by atoms with Crippen LogP contribution in [0, 0.1) is 0 Å². The van der Waals surface area contributed by atoms with Crippen molar-refractivity contribution in [2.75, 3.05) is 16.6 Å². The molecule has 2 aliphatic heterocycles. The molecule has 6 heteroatoms. The highest BCUT2D eigenvalue weighted by Crippen LogP contribution is 2.31. The Morgan fingerprint density at radius 2 is 1.35 bits per heavy atom. The van der Waals surface area contributed by atoms with Crippen LogP contribution in [-0.2, 0) is 19.1 Å². The predicted molar refractivity (Wildman–Crippen MR) is 96.3 cm³/mol. The summed E-state index contributed by atoms with van der Waals surface area (Å²) in [6.45, 7) is 0.588. The Hall–Kier alpha value is -2.70. The first-order chi connectivity index (χ1) is 12.8. The lowest BCUT2D eigenvalue weighted by molar-refractivity contribution is -0.190. The van der Waals surface area contributed by atoms with Gasteiger partial charge in [0.1, 0.15) is 0 Å². The predicted octanol–water partition coefficient (Wildman–Crippen LogP) is 2.89. The maximum Gasteiger partial charge on any atom is 0.285 e. The zero-order chi connectivity index (χ0) is 17.9. The van der Waals surface area contributed by atoms with Gasteiger partial charge in [-0.1, -0.05) is 36.4 Å². The Morgan fingerprint density at radius 1 is 0.808 bits per heavy atom. The van der Waals surface area contributed by atoms with Gasteiger partial charge >= 0.3 is 0 Å². The summed E-state index contributed by atoms with van der Waals surface area (Å²) in [7, 11) is 0. The number of para-hydroxylation sites is 2. The molecule has 0 aromatic heterocycles. The molecule has 2 aromatic carbocycles. The minimum Gasteiger partial charge on any atom is -0.353 e. The van der Waals surface area contributed by atoms with Gasteiger partial charge in [0.25, 0.3) is 11.8 Å². The van der Waals surface area contributed by atoms with Crippen molar-refractivity contribution in [1.82, 2.24) is 0 Å². The first-order valence-electron chi connectivity index (χ1n) is 8.81. The first kappa shape index (κ1) is 16.8. The summed E-state index contributed by atoms with van der Waals surface area (Å²) in [5.41, 5.74) is 1.23. The van der Waals surface area contributed by atoms with Crippen molar-refractivity contribution in [3.05, 3.63) is 60.7 Å². The van der Waals surface area contributed by atoms with Crippen molar-refractivity contribution >= 4 is 23.2 Å². The lowest BCUT2D eigenvalue weighted by Gasteiger charge is -2.27. The van der Waals surface area contributed by atoms with Crippen LogP contribution in [-0.4, -0.2) is 30.8 Å². The molecule has 1 atom stereocenters. The third kappa shape index (κ3) is 3.09. The molecule has 0 spiro atoms. The van der Waals surface area contributed by atoms with Crippen LogP contribution in [0.1, 0.15) is 19.3 Å². The third-order valence-electron chi connectivity index (χ3n) is 4.49. The fourth-order valence-corrected chi connectivity index (χ4v) is 3.24. The van der Waals surface area contributed by atoms with Crippen molar-refractivity contribution in [1.29, 1.82) is 0 Å². The molecule has 2 amide bonds. The Balaban J connectivity index is 1.68. The molecule has 6 nitrogen and oxygen atoms in total. The molecule has 0 saturated carbocycles. The molecule has 2 heterocycles. The van der Waals surface area contributed by atoms with E-state index in [1.165, 1.54) is 10.0 Å². The van der Waals surface area contributed by atoms with Crippen LogP contribution in [0.2, 0.25) is 0 Å². The zero-order valence-electron chi connectivity index (χ0n) is 14.3. The number of amides is 2. The highest BCUT2D eigenvalue weighted by atomic mass is 16.7. The normalized spacial score (nSPS) is 21.5. The average molecular weight is 352 g/mol. The van der Waals surface area contributed by atoms with Gasteiger partial charge in [-0.05, 0) is 43.5 Å². The summed E-state index contributed by atoms with van der Waals surface area (Å²) in [5, 5.41) is 2.76. The van der Waals surface area contributed by atoms with Crippen LogP contribution < -0.4 is 10.0 Å². The number of ether oxygens (including phenoxy) is 2. The van der Waals surface area contributed by atoms with E-state index in [2.05, 4.69) is 0 Å². The van der Waals surface area contributed by atoms with Gasteiger partial charge in [-0.3, -0.25) is 9.59 Å². The molecule has 26 heavy (non-hydrogen) atoms. The van der Waals surface area contributed by atoms with Crippen molar-refractivity contribution in [2.45, 2.75) is 31.7 Å². The third-order valence-corrected chi connectivity index (χ3v) is 4.49. The van der Waals surface area contributed by atoms with Crippen LogP contribution in [0.25, 0.3) is 0 Å². The molecule has 2 fully saturated rings. The number of hydrogen-bond donors (Lipinski definition) is 0. The SMILES string of the molecule is O=C1C(OC2CCCCO2)C(=O)N(c2ccccc2)N1c1ccccc1. The molecule has 1 unspecified atom stereocenters. The summed E-state index contributed by atoms with van der Waals surface area (Å²) >= 11 is 0. The molecule has 0 aliphatic carbocycles. The number of carbonyl (C=O) groups is 2. The quantitative estimate of drug-likeness (QED) is 0.794. The van der Waals surface area contributed by atoms with E-state index in [0.717, 1.165) is 12.8 Å². The lowest BCUT2D eigenvalue weighted by Crippen LogP contribution is -2.41. The number of carbonyl (C=O) groups excluding carboxylic acids is 2. The van der Waals surface area contributed by atoms with E-state index in [1.807, 2.05) is 36.4 Å². The standard InChI is InChI=1S/C20H20N2O4/c23-19-18(26-17-13-7-8-14-25-17)20(24)22(16-11-5-2-6-12-16)21(19)15-9-3-1-4-10-15/h1-6,9-12,17-18H,7-8,13-14H2. The van der Waals surface area contributed by atoms with E-state index < -0.39 is 24.2 Å². The Bertz CT molecular complexity index is 717. The Kier molecular flexibility index (Phi) is 4.69. The van der Waals surface area contributed by atoms with Gasteiger partial charge < -0.3 is 9.47 Å². The maximum atomic E-state index is 13.1. The number of anilines is 2. The zero-order valence-corrected chi connectivity index (χ0v) is 14.3. The molecule has 0 bridgehead atoms. The number of nitrogens with zero attached hydrogens (tertiary/aromatic N) is 2. The van der Waals surface area contributed by atoms with E-state index in [9.17, 15) is 9.59 Å². The molecule has 0 N–H and O–H groups in total. The van der Waals surface area contributed by atoms with Crippen molar-refractivity contribution in [2.24, 2.45) is 0 Å². The van der Waals surface area contributed by atoms with Gasteiger partial charge in [-0.15, -0.1) is 0 Å².